The fourth-order valence-corrected chi connectivity index (χ4v) is 3.08. The highest BCUT2D eigenvalue weighted by Gasteiger charge is 2.30. The second-order valence-corrected chi connectivity index (χ2v) is 6.77. The maximum atomic E-state index is 10.4. The highest BCUT2D eigenvalue weighted by atomic mass is 35.5. The zero-order valence-electron chi connectivity index (χ0n) is 11.3. The molecular formula is C16H23ClO. The van der Waals surface area contributed by atoms with Gasteiger partial charge in [0.2, 0.25) is 0 Å². The number of benzene rings is 1. The fourth-order valence-electron chi connectivity index (χ4n) is 2.86. The van der Waals surface area contributed by atoms with Crippen molar-refractivity contribution in [2.75, 3.05) is 0 Å². The maximum Gasteiger partial charge on any atom is 0.0609 e. The molecule has 0 saturated heterocycles. The Hall–Kier alpha value is -0.530. The molecule has 0 spiro atoms. The Balaban J connectivity index is 1.93. The van der Waals surface area contributed by atoms with Gasteiger partial charge in [0, 0.05) is 11.4 Å². The third kappa shape index (κ3) is 3.49. The molecule has 0 aliphatic heterocycles. The Bertz CT molecular complexity index is 390. The van der Waals surface area contributed by atoms with E-state index in [2.05, 4.69) is 13.8 Å². The van der Waals surface area contributed by atoms with E-state index in [9.17, 15) is 5.11 Å². The summed E-state index contributed by atoms with van der Waals surface area (Å²) >= 11 is 6.14. The van der Waals surface area contributed by atoms with Gasteiger partial charge in [-0.05, 0) is 48.6 Å². The predicted octanol–water partition coefficient (Wildman–Crippen LogP) is 4.46. The molecule has 0 heterocycles. The molecule has 1 nitrogen and oxygen atoms in total. The van der Waals surface area contributed by atoms with Crippen molar-refractivity contribution in [1.29, 1.82) is 0 Å². The predicted molar refractivity (Wildman–Crippen MR) is 76.9 cm³/mol. The maximum absolute atomic E-state index is 10.4. The Morgan fingerprint density at radius 3 is 2.50 bits per heavy atom. The fraction of sp³-hybridized carbons (Fsp3) is 0.625. The van der Waals surface area contributed by atoms with Gasteiger partial charge in [0.05, 0.1) is 6.10 Å². The van der Waals surface area contributed by atoms with Crippen LogP contribution in [-0.4, -0.2) is 11.2 Å². The van der Waals surface area contributed by atoms with E-state index in [1.165, 1.54) is 12.8 Å². The smallest absolute Gasteiger partial charge is 0.0609 e. The molecule has 1 aliphatic rings. The van der Waals surface area contributed by atoms with Crippen molar-refractivity contribution < 1.29 is 5.11 Å². The molecule has 1 N–H and O–H groups in total. The number of hydrogen-bond donors (Lipinski definition) is 1. The summed E-state index contributed by atoms with van der Waals surface area (Å²) in [5, 5.41) is 11.1. The van der Waals surface area contributed by atoms with Gasteiger partial charge in [0.1, 0.15) is 0 Å². The Morgan fingerprint density at radius 2 is 1.89 bits per heavy atom. The van der Waals surface area contributed by atoms with Crippen molar-refractivity contribution in [1.82, 2.24) is 0 Å². The lowest BCUT2D eigenvalue weighted by atomic mass is 9.71. The monoisotopic (exact) mass is 266 g/mol. The van der Waals surface area contributed by atoms with Crippen LogP contribution in [0.15, 0.2) is 24.3 Å². The molecule has 1 aliphatic carbocycles. The van der Waals surface area contributed by atoms with Crippen LogP contribution in [0.25, 0.3) is 0 Å². The molecule has 100 valence electrons. The van der Waals surface area contributed by atoms with E-state index in [0.717, 1.165) is 23.4 Å². The SMILES string of the molecule is CC1(C)CCC(C(O)Cc2ccccc2Cl)CC1. The molecule has 18 heavy (non-hydrogen) atoms. The van der Waals surface area contributed by atoms with Crippen LogP contribution in [0.3, 0.4) is 0 Å². The molecule has 1 atom stereocenters. The average molecular weight is 267 g/mol. The van der Waals surface area contributed by atoms with E-state index in [1.807, 2.05) is 24.3 Å². The first-order valence-corrected chi connectivity index (χ1v) is 7.27. The molecule has 1 saturated carbocycles. The second kappa shape index (κ2) is 5.63. The lowest BCUT2D eigenvalue weighted by molar-refractivity contribution is 0.0576. The lowest BCUT2D eigenvalue weighted by Crippen LogP contribution is -2.30. The molecule has 1 fully saturated rings. The number of rotatable bonds is 3. The third-order valence-electron chi connectivity index (χ3n) is 4.31. The second-order valence-electron chi connectivity index (χ2n) is 6.36. The van der Waals surface area contributed by atoms with Crippen molar-refractivity contribution in [3.63, 3.8) is 0 Å². The topological polar surface area (TPSA) is 20.2 Å². The molecule has 0 bridgehead atoms. The van der Waals surface area contributed by atoms with E-state index in [-0.39, 0.29) is 6.10 Å². The average Bonchev–Trinajstić information content (AvgIpc) is 2.32. The minimum Gasteiger partial charge on any atom is -0.392 e. The Morgan fingerprint density at radius 1 is 1.28 bits per heavy atom. The van der Waals surface area contributed by atoms with Gasteiger partial charge >= 0.3 is 0 Å². The minimum absolute atomic E-state index is 0.249. The summed E-state index contributed by atoms with van der Waals surface area (Å²) in [6.45, 7) is 4.65. The van der Waals surface area contributed by atoms with Crippen LogP contribution in [0.2, 0.25) is 5.02 Å². The summed E-state index contributed by atoms with van der Waals surface area (Å²) in [7, 11) is 0. The van der Waals surface area contributed by atoms with Crippen molar-refractivity contribution >= 4 is 11.6 Å². The molecule has 0 amide bonds. The van der Waals surface area contributed by atoms with E-state index in [1.54, 1.807) is 0 Å². The minimum atomic E-state index is -0.249. The van der Waals surface area contributed by atoms with Gasteiger partial charge in [-0.25, -0.2) is 0 Å². The Labute approximate surface area is 115 Å². The van der Waals surface area contributed by atoms with Gasteiger partial charge in [0.15, 0.2) is 0 Å². The largest absolute Gasteiger partial charge is 0.392 e. The molecule has 0 aromatic heterocycles. The van der Waals surface area contributed by atoms with Crippen LogP contribution in [0.4, 0.5) is 0 Å². The van der Waals surface area contributed by atoms with Crippen molar-refractivity contribution in [2.45, 2.75) is 52.1 Å². The normalized spacial score (nSPS) is 21.8. The van der Waals surface area contributed by atoms with Crippen LogP contribution in [-0.2, 0) is 6.42 Å². The van der Waals surface area contributed by atoms with Gasteiger partial charge in [-0.2, -0.15) is 0 Å². The quantitative estimate of drug-likeness (QED) is 0.856. The van der Waals surface area contributed by atoms with Crippen LogP contribution < -0.4 is 0 Å². The summed E-state index contributed by atoms with van der Waals surface area (Å²) in [5.41, 5.74) is 1.53. The van der Waals surface area contributed by atoms with E-state index < -0.39 is 0 Å². The molecule has 1 aromatic carbocycles. The first kappa shape index (κ1) is 13.9. The summed E-state index contributed by atoms with van der Waals surface area (Å²) < 4.78 is 0. The summed E-state index contributed by atoms with van der Waals surface area (Å²) in [6, 6.07) is 7.82. The van der Waals surface area contributed by atoms with Crippen molar-refractivity contribution in [2.24, 2.45) is 11.3 Å². The molecule has 1 unspecified atom stereocenters. The number of hydrogen-bond acceptors (Lipinski definition) is 1. The van der Waals surface area contributed by atoms with E-state index in [0.29, 0.717) is 17.8 Å². The zero-order chi connectivity index (χ0) is 13.2. The van der Waals surface area contributed by atoms with E-state index in [4.69, 9.17) is 11.6 Å². The van der Waals surface area contributed by atoms with Crippen LogP contribution >= 0.6 is 11.6 Å². The molecule has 1 aromatic rings. The first-order valence-electron chi connectivity index (χ1n) is 6.89. The molecule has 2 rings (SSSR count). The molecular weight excluding hydrogens is 244 g/mol. The Kier molecular flexibility index (Phi) is 4.34. The third-order valence-corrected chi connectivity index (χ3v) is 4.68. The summed E-state index contributed by atoms with van der Waals surface area (Å²) in [5.74, 6) is 0.439. The van der Waals surface area contributed by atoms with Crippen LogP contribution in [0.1, 0.15) is 45.1 Å². The molecule has 0 radical (unpaired) electrons. The van der Waals surface area contributed by atoms with Gasteiger partial charge in [-0.15, -0.1) is 0 Å². The lowest BCUT2D eigenvalue weighted by Gasteiger charge is -2.36. The van der Waals surface area contributed by atoms with Gasteiger partial charge in [-0.1, -0.05) is 43.6 Å². The number of aliphatic hydroxyl groups excluding tert-OH is 1. The van der Waals surface area contributed by atoms with E-state index >= 15 is 0 Å². The highest BCUT2D eigenvalue weighted by Crippen LogP contribution is 2.39. The number of halogens is 1. The van der Waals surface area contributed by atoms with Crippen LogP contribution in [0, 0.1) is 11.3 Å². The van der Waals surface area contributed by atoms with Crippen molar-refractivity contribution in [3.05, 3.63) is 34.9 Å². The number of aliphatic hydroxyl groups is 1. The van der Waals surface area contributed by atoms with Crippen molar-refractivity contribution in [3.8, 4) is 0 Å². The van der Waals surface area contributed by atoms with Crippen LogP contribution in [0.5, 0.6) is 0 Å². The summed E-state index contributed by atoms with van der Waals surface area (Å²) in [4.78, 5) is 0. The standard InChI is InChI=1S/C16H23ClO/c1-16(2)9-7-12(8-10-16)15(18)11-13-5-3-4-6-14(13)17/h3-6,12,15,18H,7-11H2,1-2H3. The highest BCUT2D eigenvalue weighted by molar-refractivity contribution is 6.31. The van der Waals surface area contributed by atoms with Gasteiger partial charge in [-0.3, -0.25) is 0 Å². The first-order chi connectivity index (χ1) is 8.48. The molecule has 2 heteroatoms. The zero-order valence-corrected chi connectivity index (χ0v) is 12.1. The summed E-state index contributed by atoms with van der Waals surface area (Å²) in [6.07, 6.45) is 5.15. The van der Waals surface area contributed by atoms with Gasteiger partial charge in [0.25, 0.3) is 0 Å². The van der Waals surface area contributed by atoms with Gasteiger partial charge < -0.3 is 5.11 Å².